The number of carboxylic acid groups (broad SMARTS) is 1. The van der Waals surface area contributed by atoms with Gasteiger partial charge in [-0.25, -0.2) is 0 Å². The molecule has 7 nitrogen and oxygen atoms in total. The first-order valence-electron chi connectivity index (χ1n) is 8.24. The van der Waals surface area contributed by atoms with E-state index >= 15 is 0 Å². The molecule has 0 saturated carbocycles. The summed E-state index contributed by atoms with van der Waals surface area (Å²) in [5, 5.41) is 19.6. The lowest BCUT2D eigenvalue weighted by Crippen LogP contribution is -2.22. The second-order valence-corrected chi connectivity index (χ2v) is 6.28. The van der Waals surface area contributed by atoms with Crippen molar-refractivity contribution in [3.05, 3.63) is 34.1 Å². The number of aliphatic carboxylic acids is 1. The van der Waals surface area contributed by atoms with E-state index in [0.717, 1.165) is 0 Å². The fraction of sp³-hybridized carbons (Fsp3) is 0.421. The number of ether oxygens (including phenoxy) is 2. The third kappa shape index (κ3) is 3.29. The topological polar surface area (TPSA) is 110 Å². The molecular formula is C19H22O7. The van der Waals surface area contributed by atoms with Gasteiger partial charge in [-0.15, -0.1) is 0 Å². The van der Waals surface area contributed by atoms with Gasteiger partial charge in [0.25, 0.3) is 0 Å². The minimum atomic E-state index is -0.889. The third-order valence-electron chi connectivity index (χ3n) is 4.63. The number of phenols is 1. The van der Waals surface area contributed by atoms with Gasteiger partial charge in [-0.3, -0.25) is 14.4 Å². The van der Waals surface area contributed by atoms with Crippen LogP contribution in [0, 0.1) is 5.92 Å². The molecule has 0 spiro atoms. The smallest absolute Gasteiger partial charge is 0.306 e. The van der Waals surface area contributed by atoms with Gasteiger partial charge < -0.3 is 19.7 Å². The summed E-state index contributed by atoms with van der Waals surface area (Å²) in [4.78, 5) is 36.1. The number of aromatic hydroxyl groups is 1. The number of rotatable bonds is 7. The molecule has 0 aliphatic heterocycles. The van der Waals surface area contributed by atoms with E-state index in [1.165, 1.54) is 27.2 Å². The lowest BCUT2D eigenvalue weighted by Gasteiger charge is -2.22. The van der Waals surface area contributed by atoms with Crippen molar-refractivity contribution in [1.82, 2.24) is 0 Å². The van der Waals surface area contributed by atoms with Gasteiger partial charge in [0.2, 0.25) is 5.78 Å². The average molecular weight is 362 g/mol. The zero-order chi connectivity index (χ0) is 19.6. The molecule has 26 heavy (non-hydrogen) atoms. The quantitative estimate of drug-likeness (QED) is 0.767. The maximum absolute atomic E-state index is 12.6. The molecule has 0 fully saturated rings. The van der Waals surface area contributed by atoms with E-state index in [4.69, 9.17) is 14.6 Å². The summed E-state index contributed by atoms with van der Waals surface area (Å²) in [7, 11) is 2.71. The molecule has 2 rings (SSSR count). The van der Waals surface area contributed by atoms with Crippen LogP contribution in [0.15, 0.2) is 17.4 Å². The molecule has 1 aliphatic rings. The van der Waals surface area contributed by atoms with Gasteiger partial charge in [0, 0.05) is 16.7 Å². The molecule has 0 heterocycles. The van der Waals surface area contributed by atoms with Gasteiger partial charge in [-0.1, -0.05) is 6.92 Å². The number of ketones is 2. The van der Waals surface area contributed by atoms with Crippen LogP contribution >= 0.6 is 0 Å². The van der Waals surface area contributed by atoms with Gasteiger partial charge in [0.1, 0.15) is 11.5 Å². The molecule has 0 unspecified atom stereocenters. The summed E-state index contributed by atoms with van der Waals surface area (Å²) < 4.78 is 10.3. The summed E-state index contributed by atoms with van der Waals surface area (Å²) in [6.07, 6.45) is 1.21. The number of benzene rings is 1. The first-order valence-corrected chi connectivity index (χ1v) is 8.24. The van der Waals surface area contributed by atoms with Crippen LogP contribution in [0.1, 0.15) is 53.0 Å². The highest BCUT2D eigenvalue weighted by Gasteiger charge is 2.35. The Morgan fingerprint density at radius 2 is 1.85 bits per heavy atom. The Morgan fingerprint density at radius 3 is 2.38 bits per heavy atom. The number of Topliss-reactive ketones (excluding diaryl/α,β-unsaturated/α-hetero) is 2. The van der Waals surface area contributed by atoms with Crippen LogP contribution in [0.2, 0.25) is 0 Å². The van der Waals surface area contributed by atoms with E-state index < -0.39 is 23.5 Å². The van der Waals surface area contributed by atoms with Gasteiger partial charge in [0.15, 0.2) is 11.5 Å². The minimum Gasteiger partial charge on any atom is -0.507 e. The number of hydrogen-bond donors (Lipinski definition) is 2. The molecule has 0 saturated heterocycles. The Morgan fingerprint density at radius 1 is 1.19 bits per heavy atom. The molecule has 0 radical (unpaired) electrons. The summed E-state index contributed by atoms with van der Waals surface area (Å²) in [5.74, 6) is -2.43. The van der Waals surface area contributed by atoms with Crippen LogP contribution in [0.5, 0.6) is 11.5 Å². The van der Waals surface area contributed by atoms with E-state index in [9.17, 15) is 19.5 Å². The van der Waals surface area contributed by atoms with E-state index in [1.54, 1.807) is 6.92 Å². The highest BCUT2D eigenvalue weighted by molar-refractivity contribution is 6.27. The number of hydrogen-bond acceptors (Lipinski definition) is 6. The van der Waals surface area contributed by atoms with E-state index in [2.05, 4.69) is 0 Å². The summed E-state index contributed by atoms with van der Waals surface area (Å²) >= 11 is 0. The van der Waals surface area contributed by atoms with Gasteiger partial charge in [0.05, 0.1) is 25.7 Å². The van der Waals surface area contributed by atoms with Crippen LogP contribution < -0.4 is 4.74 Å². The Labute approximate surface area is 151 Å². The first kappa shape index (κ1) is 19.5. The van der Waals surface area contributed by atoms with Crippen molar-refractivity contribution in [1.29, 1.82) is 0 Å². The van der Waals surface area contributed by atoms with Crippen LogP contribution in [-0.4, -0.2) is 42.0 Å². The van der Waals surface area contributed by atoms with Crippen molar-refractivity contribution < 1.29 is 34.1 Å². The molecule has 1 aromatic carbocycles. The van der Waals surface area contributed by atoms with E-state index in [-0.39, 0.29) is 34.0 Å². The molecule has 0 amide bonds. The van der Waals surface area contributed by atoms with Crippen molar-refractivity contribution in [3.63, 3.8) is 0 Å². The number of carbonyl (C=O) groups is 3. The zero-order valence-electron chi connectivity index (χ0n) is 15.2. The van der Waals surface area contributed by atoms with Crippen molar-refractivity contribution >= 4 is 17.5 Å². The van der Waals surface area contributed by atoms with Gasteiger partial charge in [-0.05, 0) is 32.3 Å². The summed E-state index contributed by atoms with van der Waals surface area (Å²) in [6.45, 7) is 3.08. The first-order chi connectivity index (χ1) is 12.2. The second kappa shape index (κ2) is 7.59. The second-order valence-electron chi connectivity index (χ2n) is 6.28. The highest BCUT2D eigenvalue weighted by atomic mass is 16.5. The predicted molar refractivity (Wildman–Crippen MR) is 92.8 cm³/mol. The molecule has 140 valence electrons. The van der Waals surface area contributed by atoms with Crippen molar-refractivity contribution in [2.75, 3.05) is 14.2 Å². The van der Waals surface area contributed by atoms with Crippen LogP contribution in [0.4, 0.5) is 0 Å². The van der Waals surface area contributed by atoms with Gasteiger partial charge >= 0.3 is 5.97 Å². The molecule has 7 heteroatoms. The summed E-state index contributed by atoms with van der Waals surface area (Å²) in [6, 6.07) is 1.43. The van der Waals surface area contributed by atoms with Crippen LogP contribution in [0.3, 0.4) is 0 Å². The minimum absolute atomic E-state index is 0.0365. The number of phenolic OH excluding ortho intramolecular Hbond substituents is 1. The maximum Gasteiger partial charge on any atom is 0.306 e. The van der Waals surface area contributed by atoms with Gasteiger partial charge in [-0.2, -0.15) is 0 Å². The molecule has 0 aromatic heterocycles. The monoisotopic (exact) mass is 362 g/mol. The van der Waals surface area contributed by atoms with Crippen LogP contribution in [-0.2, 0) is 16.0 Å². The number of allylic oxidation sites excluding steroid dienone is 2. The summed E-state index contributed by atoms with van der Waals surface area (Å²) in [5.41, 5.74) is 0.499. The molecule has 1 atom stereocenters. The Kier molecular flexibility index (Phi) is 5.69. The largest absolute Gasteiger partial charge is 0.507 e. The SMILES string of the molecule is COC1=C(C)C(=O)c2c(cc(OC)c(CCC[C@H](C)C(=O)O)c2O)C1=O. The van der Waals surface area contributed by atoms with E-state index in [0.29, 0.717) is 24.8 Å². The molecule has 1 aromatic rings. The average Bonchev–Trinajstić information content (AvgIpc) is 2.60. The number of methoxy groups -OCH3 is 2. The highest BCUT2D eigenvalue weighted by Crippen LogP contribution is 2.40. The predicted octanol–water partition coefficient (Wildman–Crippen LogP) is 2.74. The third-order valence-corrected chi connectivity index (χ3v) is 4.63. The normalized spacial score (nSPS) is 14.9. The lowest BCUT2D eigenvalue weighted by molar-refractivity contribution is -0.141. The Balaban J connectivity index is 2.45. The lowest BCUT2D eigenvalue weighted by atomic mass is 9.85. The standard InChI is InChI=1S/C19H22O7/c1-9(19(23)24)6-5-7-11-13(25-3)8-12-14(16(11)21)15(20)10(2)18(26-4)17(12)22/h8-9,21H,5-7H2,1-4H3,(H,23,24)/t9-/m0/s1. The van der Waals surface area contributed by atoms with E-state index in [1.807, 2.05) is 0 Å². The zero-order valence-corrected chi connectivity index (χ0v) is 15.2. The maximum atomic E-state index is 12.6. The Hall–Kier alpha value is -2.83. The fourth-order valence-electron chi connectivity index (χ4n) is 3.06. The molecule has 1 aliphatic carbocycles. The molecular weight excluding hydrogens is 340 g/mol. The molecule has 2 N–H and O–H groups in total. The number of fused-ring (bicyclic) bond motifs is 1. The Bertz CT molecular complexity index is 805. The number of carboxylic acids is 1. The van der Waals surface area contributed by atoms with Crippen molar-refractivity contribution in [2.24, 2.45) is 5.92 Å². The van der Waals surface area contributed by atoms with Crippen molar-refractivity contribution in [2.45, 2.75) is 33.1 Å². The van der Waals surface area contributed by atoms with Crippen LogP contribution in [0.25, 0.3) is 0 Å². The molecule has 0 bridgehead atoms. The van der Waals surface area contributed by atoms with Crippen molar-refractivity contribution in [3.8, 4) is 11.5 Å². The fourth-order valence-corrected chi connectivity index (χ4v) is 3.06. The number of carbonyl (C=O) groups excluding carboxylic acids is 2.